The van der Waals surface area contributed by atoms with Gasteiger partial charge in [-0.15, -0.1) is 0 Å². The van der Waals surface area contributed by atoms with Gasteiger partial charge in [0.25, 0.3) is 0 Å². The Balaban J connectivity index is 2.30. The molecule has 0 spiro atoms. The fourth-order valence-corrected chi connectivity index (χ4v) is 1.14. The average Bonchev–Trinajstić information content (AvgIpc) is 1.99. The molecule has 86 valence electrons. The molecule has 5 nitrogen and oxygen atoms in total. The highest BCUT2D eigenvalue weighted by Gasteiger charge is 2.39. The van der Waals surface area contributed by atoms with Crippen molar-refractivity contribution in [3.63, 3.8) is 0 Å². The van der Waals surface area contributed by atoms with E-state index in [9.17, 15) is 9.59 Å². The summed E-state index contributed by atoms with van der Waals surface area (Å²) in [6, 6.07) is 0. The van der Waals surface area contributed by atoms with Crippen LogP contribution in [0.25, 0.3) is 0 Å². The summed E-state index contributed by atoms with van der Waals surface area (Å²) in [5.41, 5.74) is -1.06. The molecule has 0 saturated carbocycles. The Labute approximate surface area is 89.1 Å². The van der Waals surface area contributed by atoms with Gasteiger partial charge in [-0.2, -0.15) is 0 Å². The van der Waals surface area contributed by atoms with Crippen LogP contribution in [0.4, 0.5) is 4.79 Å². The largest absolute Gasteiger partial charge is 0.444 e. The highest BCUT2D eigenvalue weighted by atomic mass is 16.6. The molecule has 0 aromatic carbocycles. The van der Waals surface area contributed by atoms with E-state index < -0.39 is 17.1 Å². The minimum absolute atomic E-state index is 0.269. The summed E-state index contributed by atoms with van der Waals surface area (Å²) < 4.78 is 9.98. The summed E-state index contributed by atoms with van der Waals surface area (Å²) in [6.07, 6.45) is 0.323. The Kier molecular flexibility index (Phi) is 3.34. The molecule has 0 aromatic heterocycles. The molecule has 1 heterocycles. The van der Waals surface area contributed by atoms with Crippen LogP contribution >= 0.6 is 0 Å². The lowest BCUT2D eigenvalue weighted by Crippen LogP contribution is -2.52. The summed E-state index contributed by atoms with van der Waals surface area (Å²) >= 11 is 0. The summed E-state index contributed by atoms with van der Waals surface area (Å²) in [5.74, 6) is 0. The Morgan fingerprint density at radius 3 is 2.47 bits per heavy atom. The van der Waals surface area contributed by atoms with Crippen molar-refractivity contribution in [2.45, 2.75) is 26.4 Å². The smallest absolute Gasteiger partial charge is 0.407 e. The van der Waals surface area contributed by atoms with E-state index in [1.807, 2.05) is 0 Å². The number of amides is 1. The monoisotopic (exact) mass is 215 g/mol. The average molecular weight is 215 g/mol. The molecule has 1 rings (SSSR count). The van der Waals surface area contributed by atoms with Crippen LogP contribution in [0.1, 0.15) is 20.8 Å². The Morgan fingerprint density at radius 1 is 1.53 bits per heavy atom. The standard InChI is InChI=1S/C10H17NO4/c1-9(2,3)15-8(13)11-4-10(5-12)6-14-7-10/h5H,4,6-7H2,1-3H3,(H,11,13). The van der Waals surface area contributed by atoms with E-state index in [1.54, 1.807) is 20.8 Å². The molecule has 1 aliphatic rings. The summed E-state index contributed by atoms with van der Waals surface area (Å²) in [5, 5.41) is 2.56. The van der Waals surface area contributed by atoms with Gasteiger partial charge in [0.2, 0.25) is 0 Å². The summed E-state index contributed by atoms with van der Waals surface area (Å²) in [6.45, 7) is 6.36. The van der Waals surface area contributed by atoms with Crippen molar-refractivity contribution < 1.29 is 19.1 Å². The molecular weight excluding hydrogens is 198 g/mol. The fourth-order valence-electron chi connectivity index (χ4n) is 1.14. The number of nitrogens with one attached hydrogen (secondary N) is 1. The van der Waals surface area contributed by atoms with Gasteiger partial charge in [0.15, 0.2) is 0 Å². The van der Waals surface area contributed by atoms with Gasteiger partial charge >= 0.3 is 6.09 Å². The number of hydrogen-bond donors (Lipinski definition) is 1. The second-order valence-corrected chi connectivity index (χ2v) is 4.83. The first-order valence-electron chi connectivity index (χ1n) is 4.88. The second-order valence-electron chi connectivity index (χ2n) is 4.83. The van der Waals surface area contributed by atoms with Crippen LogP contribution < -0.4 is 5.32 Å². The van der Waals surface area contributed by atoms with Gasteiger partial charge < -0.3 is 19.6 Å². The van der Waals surface area contributed by atoms with Crippen LogP contribution in [0.5, 0.6) is 0 Å². The van der Waals surface area contributed by atoms with E-state index in [0.29, 0.717) is 13.2 Å². The van der Waals surface area contributed by atoms with Gasteiger partial charge in [0.1, 0.15) is 11.9 Å². The zero-order chi connectivity index (χ0) is 11.5. The van der Waals surface area contributed by atoms with E-state index in [2.05, 4.69) is 5.32 Å². The molecule has 15 heavy (non-hydrogen) atoms. The van der Waals surface area contributed by atoms with Gasteiger partial charge in [-0.05, 0) is 20.8 Å². The number of hydrogen-bond acceptors (Lipinski definition) is 4. The molecule has 0 bridgehead atoms. The number of rotatable bonds is 3. The minimum atomic E-state index is -0.545. The zero-order valence-electron chi connectivity index (χ0n) is 9.33. The first-order chi connectivity index (χ1) is 6.87. The molecule has 1 fully saturated rings. The molecule has 0 radical (unpaired) electrons. The lowest BCUT2D eigenvalue weighted by molar-refractivity contribution is -0.144. The summed E-state index contributed by atoms with van der Waals surface area (Å²) in [4.78, 5) is 22.0. The first-order valence-corrected chi connectivity index (χ1v) is 4.88. The van der Waals surface area contributed by atoms with Crippen LogP contribution in [-0.2, 0) is 14.3 Å². The quantitative estimate of drug-likeness (QED) is 0.705. The van der Waals surface area contributed by atoms with Crippen LogP contribution in [0, 0.1) is 5.41 Å². The predicted molar refractivity (Wildman–Crippen MR) is 53.6 cm³/mol. The van der Waals surface area contributed by atoms with Gasteiger partial charge in [-0.1, -0.05) is 0 Å². The van der Waals surface area contributed by atoms with Gasteiger partial charge in [-0.3, -0.25) is 0 Å². The topological polar surface area (TPSA) is 64.6 Å². The highest BCUT2D eigenvalue weighted by molar-refractivity contribution is 5.69. The Hall–Kier alpha value is -1.10. The number of ether oxygens (including phenoxy) is 2. The maximum Gasteiger partial charge on any atom is 0.407 e. The molecular formula is C10H17NO4. The van der Waals surface area contributed by atoms with Crippen molar-refractivity contribution in [2.24, 2.45) is 5.41 Å². The number of carbonyl (C=O) groups is 2. The molecule has 0 unspecified atom stereocenters. The first kappa shape index (κ1) is 12.0. The lowest BCUT2D eigenvalue weighted by atomic mass is 9.88. The molecule has 1 saturated heterocycles. The minimum Gasteiger partial charge on any atom is -0.444 e. The van der Waals surface area contributed by atoms with Crippen LogP contribution in [-0.4, -0.2) is 37.7 Å². The molecule has 1 amide bonds. The molecule has 0 aromatic rings. The third-order valence-electron chi connectivity index (χ3n) is 2.01. The van der Waals surface area contributed by atoms with Crippen molar-refractivity contribution in [2.75, 3.05) is 19.8 Å². The number of carbonyl (C=O) groups excluding carboxylic acids is 2. The van der Waals surface area contributed by atoms with E-state index >= 15 is 0 Å². The van der Waals surface area contributed by atoms with Crippen LogP contribution in [0.2, 0.25) is 0 Å². The molecule has 1 aliphatic heterocycles. The Bertz CT molecular complexity index is 253. The van der Waals surface area contributed by atoms with E-state index in [0.717, 1.165) is 6.29 Å². The summed E-state index contributed by atoms with van der Waals surface area (Å²) in [7, 11) is 0. The molecule has 5 heteroatoms. The SMILES string of the molecule is CC(C)(C)OC(=O)NCC1(C=O)COC1. The molecule has 0 aliphatic carbocycles. The zero-order valence-corrected chi connectivity index (χ0v) is 9.33. The highest BCUT2D eigenvalue weighted by Crippen LogP contribution is 2.23. The number of aldehydes is 1. The molecule has 0 atom stereocenters. The van der Waals surface area contributed by atoms with E-state index in [4.69, 9.17) is 9.47 Å². The predicted octanol–water partition coefficient (Wildman–Crippen LogP) is 0.727. The second kappa shape index (κ2) is 4.18. The van der Waals surface area contributed by atoms with Crippen molar-refractivity contribution >= 4 is 12.4 Å². The van der Waals surface area contributed by atoms with Crippen LogP contribution in [0.15, 0.2) is 0 Å². The maximum atomic E-state index is 11.3. The fraction of sp³-hybridized carbons (Fsp3) is 0.800. The van der Waals surface area contributed by atoms with E-state index in [1.165, 1.54) is 0 Å². The Morgan fingerprint density at radius 2 is 2.13 bits per heavy atom. The van der Waals surface area contributed by atoms with Crippen LogP contribution in [0.3, 0.4) is 0 Å². The normalized spacial score (nSPS) is 18.9. The van der Waals surface area contributed by atoms with Crippen molar-refractivity contribution in [1.29, 1.82) is 0 Å². The van der Waals surface area contributed by atoms with Gasteiger partial charge in [-0.25, -0.2) is 4.79 Å². The lowest BCUT2D eigenvalue weighted by Gasteiger charge is -2.36. The third-order valence-corrected chi connectivity index (χ3v) is 2.01. The van der Waals surface area contributed by atoms with Gasteiger partial charge in [0, 0.05) is 6.54 Å². The van der Waals surface area contributed by atoms with E-state index in [-0.39, 0.29) is 6.54 Å². The van der Waals surface area contributed by atoms with Crippen molar-refractivity contribution in [3.05, 3.63) is 0 Å². The molecule has 1 N–H and O–H groups in total. The van der Waals surface area contributed by atoms with Crippen molar-refractivity contribution in [3.8, 4) is 0 Å². The van der Waals surface area contributed by atoms with Gasteiger partial charge in [0.05, 0.1) is 18.6 Å². The number of alkyl carbamates (subject to hydrolysis) is 1. The van der Waals surface area contributed by atoms with Crippen molar-refractivity contribution in [1.82, 2.24) is 5.32 Å². The maximum absolute atomic E-state index is 11.3. The third kappa shape index (κ3) is 3.51.